The van der Waals surface area contributed by atoms with Crippen molar-refractivity contribution in [3.05, 3.63) is 28.2 Å². The number of nitrogens with one attached hydrogen (secondary N) is 1. The number of amides is 4. The number of imide groups is 1. The van der Waals surface area contributed by atoms with Crippen molar-refractivity contribution in [3.8, 4) is 0 Å². The average Bonchev–Trinajstić information content (AvgIpc) is 3.12. The van der Waals surface area contributed by atoms with Crippen molar-refractivity contribution in [1.29, 1.82) is 0 Å². The maximum atomic E-state index is 12.5. The first-order valence-corrected chi connectivity index (χ1v) is 8.75. The van der Waals surface area contributed by atoms with Crippen LogP contribution in [0.15, 0.2) is 18.2 Å². The Labute approximate surface area is 155 Å². The van der Waals surface area contributed by atoms with Crippen LogP contribution in [0, 0.1) is 0 Å². The number of carbonyl (C=O) groups excluding carboxylic acids is 3. The highest BCUT2D eigenvalue weighted by Crippen LogP contribution is 2.29. The molecular formula is C16H18Cl2N4O3. The van der Waals surface area contributed by atoms with Gasteiger partial charge in [-0.15, -0.1) is 0 Å². The number of urea groups is 1. The van der Waals surface area contributed by atoms with E-state index in [1.807, 2.05) is 0 Å². The second-order valence-corrected chi connectivity index (χ2v) is 7.02. The van der Waals surface area contributed by atoms with Gasteiger partial charge in [0, 0.05) is 25.6 Å². The SMILES string of the molecule is N[C@H]1CCN(C(=O)CCC2NC(=O)N(c3ccc(Cl)c(Cl)c3)C2=O)C1. The number of hydrogen-bond donors (Lipinski definition) is 2. The van der Waals surface area contributed by atoms with Gasteiger partial charge < -0.3 is 16.0 Å². The van der Waals surface area contributed by atoms with Crippen LogP contribution in [0.1, 0.15) is 19.3 Å². The molecule has 7 nitrogen and oxygen atoms in total. The van der Waals surface area contributed by atoms with Crippen LogP contribution in [0.25, 0.3) is 0 Å². The van der Waals surface area contributed by atoms with Gasteiger partial charge in [-0.25, -0.2) is 9.69 Å². The van der Waals surface area contributed by atoms with Gasteiger partial charge in [-0.1, -0.05) is 23.2 Å². The number of hydrogen-bond acceptors (Lipinski definition) is 4. The molecule has 0 spiro atoms. The number of nitrogens with zero attached hydrogens (tertiary/aromatic N) is 2. The van der Waals surface area contributed by atoms with Gasteiger partial charge in [0.15, 0.2) is 0 Å². The summed E-state index contributed by atoms with van der Waals surface area (Å²) in [4.78, 5) is 39.5. The van der Waals surface area contributed by atoms with Crippen molar-refractivity contribution < 1.29 is 14.4 Å². The number of nitrogens with two attached hydrogens (primary N) is 1. The standard InChI is InChI=1S/C16H18Cl2N4O3/c17-11-2-1-10(7-12(11)18)22-15(24)13(20-16(22)25)3-4-14(23)21-6-5-9(19)8-21/h1-2,7,9,13H,3-6,8,19H2,(H,20,25)/t9-,13?/m0/s1. The molecule has 2 saturated heterocycles. The van der Waals surface area contributed by atoms with Gasteiger partial charge in [-0.2, -0.15) is 0 Å². The number of likely N-dealkylation sites (tertiary alicyclic amines) is 1. The maximum Gasteiger partial charge on any atom is 0.329 e. The minimum absolute atomic E-state index is 0.0157. The smallest absolute Gasteiger partial charge is 0.329 e. The normalized spacial score (nSPS) is 23.3. The van der Waals surface area contributed by atoms with E-state index in [-0.39, 0.29) is 29.8 Å². The van der Waals surface area contributed by atoms with E-state index in [4.69, 9.17) is 28.9 Å². The lowest BCUT2D eigenvalue weighted by atomic mass is 10.1. The zero-order valence-corrected chi connectivity index (χ0v) is 14.9. The fourth-order valence-electron chi connectivity index (χ4n) is 3.04. The number of halogens is 2. The third-order valence-corrected chi connectivity index (χ3v) is 5.14. The molecule has 1 aromatic carbocycles. The topological polar surface area (TPSA) is 95.7 Å². The Morgan fingerprint density at radius 2 is 2.04 bits per heavy atom. The summed E-state index contributed by atoms with van der Waals surface area (Å²) in [6.45, 7) is 1.18. The lowest BCUT2D eigenvalue weighted by molar-refractivity contribution is -0.130. The van der Waals surface area contributed by atoms with Crippen LogP contribution < -0.4 is 16.0 Å². The second-order valence-electron chi connectivity index (χ2n) is 6.20. The minimum atomic E-state index is -0.734. The maximum absolute atomic E-state index is 12.5. The van der Waals surface area contributed by atoms with Crippen molar-refractivity contribution in [2.45, 2.75) is 31.3 Å². The molecule has 3 rings (SSSR count). The molecule has 2 atom stereocenters. The molecular weight excluding hydrogens is 367 g/mol. The lowest BCUT2D eigenvalue weighted by Crippen LogP contribution is -2.35. The third-order valence-electron chi connectivity index (χ3n) is 4.40. The number of benzene rings is 1. The Morgan fingerprint density at radius 1 is 1.28 bits per heavy atom. The fourth-order valence-corrected chi connectivity index (χ4v) is 3.33. The first kappa shape index (κ1) is 18.0. The number of carbonyl (C=O) groups is 3. The summed E-state index contributed by atoms with van der Waals surface area (Å²) in [5, 5.41) is 3.20. The van der Waals surface area contributed by atoms with Crippen LogP contribution in [-0.2, 0) is 9.59 Å². The Hall–Kier alpha value is -1.83. The van der Waals surface area contributed by atoms with Gasteiger partial charge in [0.2, 0.25) is 5.91 Å². The molecule has 2 aliphatic heterocycles. The highest BCUT2D eigenvalue weighted by molar-refractivity contribution is 6.42. The van der Waals surface area contributed by atoms with Crippen LogP contribution in [0.5, 0.6) is 0 Å². The molecule has 25 heavy (non-hydrogen) atoms. The molecule has 2 heterocycles. The molecule has 4 amide bonds. The van der Waals surface area contributed by atoms with E-state index in [9.17, 15) is 14.4 Å². The molecule has 3 N–H and O–H groups in total. The Balaban J connectivity index is 1.63. The van der Waals surface area contributed by atoms with Gasteiger partial charge in [-0.05, 0) is 31.0 Å². The summed E-state index contributed by atoms with van der Waals surface area (Å²) in [6.07, 6.45) is 1.21. The molecule has 0 radical (unpaired) electrons. The van der Waals surface area contributed by atoms with Gasteiger partial charge in [0.05, 0.1) is 15.7 Å². The van der Waals surface area contributed by atoms with E-state index in [0.29, 0.717) is 23.8 Å². The lowest BCUT2D eigenvalue weighted by Gasteiger charge is -2.17. The van der Waals surface area contributed by atoms with Crippen molar-refractivity contribution >= 4 is 46.7 Å². The second kappa shape index (κ2) is 7.19. The fraction of sp³-hybridized carbons (Fsp3) is 0.438. The van der Waals surface area contributed by atoms with Crippen molar-refractivity contribution in [1.82, 2.24) is 10.2 Å². The van der Waals surface area contributed by atoms with Crippen LogP contribution >= 0.6 is 23.2 Å². The Kier molecular flexibility index (Phi) is 5.17. The van der Waals surface area contributed by atoms with Crippen LogP contribution in [0.4, 0.5) is 10.5 Å². The van der Waals surface area contributed by atoms with Gasteiger partial charge in [0.25, 0.3) is 5.91 Å². The molecule has 0 aromatic heterocycles. The van der Waals surface area contributed by atoms with E-state index >= 15 is 0 Å². The highest BCUT2D eigenvalue weighted by Gasteiger charge is 2.39. The summed E-state index contributed by atoms with van der Waals surface area (Å²) < 4.78 is 0. The van der Waals surface area contributed by atoms with E-state index in [1.54, 1.807) is 11.0 Å². The van der Waals surface area contributed by atoms with Gasteiger partial charge in [-0.3, -0.25) is 9.59 Å². The van der Waals surface area contributed by atoms with Gasteiger partial charge >= 0.3 is 6.03 Å². The summed E-state index contributed by atoms with van der Waals surface area (Å²) >= 11 is 11.8. The molecule has 134 valence electrons. The minimum Gasteiger partial charge on any atom is -0.341 e. The predicted molar refractivity (Wildman–Crippen MR) is 94.7 cm³/mol. The monoisotopic (exact) mass is 384 g/mol. The largest absolute Gasteiger partial charge is 0.341 e. The number of anilines is 1. The molecule has 2 fully saturated rings. The summed E-state index contributed by atoms with van der Waals surface area (Å²) in [5.74, 6) is -0.461. The molecule has 2 aliphatic rings. The molecule has 0 bridgehead atoms. The molecule has 1 aromatic rings. The van der Waals surface area contributed by atoms with Crippen LogP contribution in [-0.4, -0.2) is 47.9 Å². The zero-order chi connectivity index (χ0) is 18.1. The molecule has 0 aliphatic carbocycles. The van der Waals surface area contributed by atoms with E-state index in [1.165, 1.54) is 12.1 Å². The zero-order valence-electron chi connectivity index (χ0n) is 13.4. The van der Waals surface area contributed by atoms with E-state index in [2.05, 4.69) is 5.32 Å². The quantitative estimate of drug-likeness (QED) is 0.772. The first-order chi connectivity index (χ1) is 11.9. The Morgan fingerprint density at radius 3 is 2.68 bits per heavy atom. The summed E-state index contributed by atoms with van der Waals surface area (Å²) in [6, 6.07) is 3.27. The van der Waals surface area contributed by atoms with Gasteiger partial charge in [0.1, 0.15) is 6.04 Å². The summed E-state index contributed by atoms with van der Waals surface area (Å²) in [7, 11) is 0. The summed E-state index contributed by atoms with van der Waals surface area (Å²) in [5.41, 5.74) is 6.14. The third kappa shape index (κ3) is 3.73. The van der Waals surface area contributed by atoms with Crippen molar-refractivity contribution in [2.75, 3.05) is 18.0 Å². The van der Waals surface area contributed by atoms with Crippen molar-refractivity contribution in [2.24, 2.45) is 5.73 Å². The predicted octanol–water partition coefficient (Wildman–Crippen LogP) is 1.76. The van der Waals surface area contributed by atoms with E-state index < -0.39 is 18.0 Å². The molecule has 1 unspecified atom stereocenters. The molecule has 9 heteroatoms. The number of rotatable bonds is 4. The highest BCUT2D eigenvalue weighted by atomic mass is 35.5. The van der Waals surface area contributed by atoms with Crippen LogP contribution in [0.3, 0.4) is 0 Å². The van der Waals surface area contributed by atoms with Crippen LogP contribution in [0.2, 0.25) is 10.0 Å². The average molecular weight is 385 g/mol. The van der Waals surface area contributed by atoms with E-state index in [0.717, 1.165) is 11.3 Å². The molecule has 0 saturated carbocycles. The van der Waals surface area contributed by atoms with Crippen molar-refractivity contribution in [3.63, 3.8) is 0 Å². The first-order valence-electron chi connectivity index (χ1n) is 7.99. The Bertz CT molecular complexity index is 727.